The second-order valence-corrected chi connectivity index (χ2v) is 10.9. The number of methoxy groups -OCH3 is 1. The standard InChI is InChI=1S/C31H43N3O6/c1-25(35)34-18-17-32(22-31(37,23-34)24-40-27-10-5-3-6-11-27)21-26-13-14-28(38-2)29(20-26)39-19-9-16-33-15-8-4-7-12-30(33)36/h3,5-6,10-11,13-14,20,37H,4,7-9,12,15-19,21-24H2,1-2H3/t31-/m1/s1. The average molecular weight is 554 g/mol. The number of carbonyl (C=O) groups is 2. The fourth-order valence-corrected chi connectivity index (χ4v) is 5.37. The number of hydrogen-bond donors (Lipinski definition) is 1. The van der Waals surface area contributed by atoms with E-state index < -0.39 is 5.60 Å². The summed E-state index contributed by atoms with van der Waals surface area (Å²) in [6, 6.07) is 15.3. The van der Waals surface area contributed by atoms with Gasteiger partial charge in [-0.25, -0.2) is 0 Å². The normalized spacial score (nSPS) is 20.5. The molecule has 2 amide bonds. The van der Waals surface area contributed by atoms with Gasteiger partial charge in [0.15, 0.2) is 11.5 Å². The fourth-order valence-electron chi connectivity index (χ4n) is 5.37. The van der Waals surface area contributed by atoms with Crippen LogP contribution in [0.15, 0.2) is 48.5 Å². The van der Waals surface area contributed by atoms with E-state index in [0.717, 1.165) is 37.8 Å². The van der Waals surface area contributed by atoms with Gasteiger partial charge in [-0.3, -0.25) is 14.5 Å². The quantitative estimate of drug-likeness (QED) is 0.427. The van der Waals surface area contributed by atoms with E-state index in [1.165, 1.54) is 6.92 Å². The van der Waals surface area contributed by atoms with E-state index in [-0.39, 0.29) is 25.0 Å². The molecule has 0 bridgehead atoms. The number of β-amino-alcohol motifs (C(OH)–C–C–N with tert-alkyl or cyclic N) is 1. The lowest BCUT2D eigenvalue weighted by Gasteiger charge is -2.32. The molecule has 9 heteroatoms. The maximum Gasteiger partial charge on any atom is 0.222 e. The lowest BCUT2D eigenvalue weighted by molar-refractivity contribution is -0.132. The number of nitrogens with zero attached hydrogens (tertiary/aromatic N) is 3. The molecule has 0 unspecified atom stereocenters. The second kappa shape index (κ2) is 14.4. The molecule has 40 heavy (non-hydrogen) atoms. The number of likely N-dealkylation sites (tertiary alicyclic amines) is 1. The zero-order valence-corrected chi connectivity index (χ0v) is 23.8. The summed E-state index contributed by atoms with van der Waals surface area (Å²) in [4.78, 5) is 30.3. The molecule has 1 N–H and O–H groups in total. The van der Waals surface area contributed by atoms with Crippen molar-refractivity contribution in [2.75, 3.05) is 59.6 Å². The van der Waals surface area contributed by atoms with Gasteiger partial charge in [-0.2, -0.15) is 0 Å². The van der Waals surface area contributed by atoms with Crippen LogP contribution < -0.4 is 14.2 Å². The fraction of sp³-hybridized carbons (Fsp3) is 0.548. The van der Waals surface area contributed by atoms with Crippen molar-refractivity contribution in [2.24, 2.45) is 0 Å². The third-order valence-corrected chi connectivity index (χ3v) is 7.52. The summed E-state index contributed by atoms with van der Waals surface area (Å²) in [6.45, 7) is 5.91. The highest BCUT2D eigenvalue weighted by Crippen LogP contribution is 2.29. The van der Waals surface area contributed by atoms with Crippen molar-refractivity contribution in [3.8, 4) is 17.2 Å². The SMILES string of the molecule is COc1ccc(CN2CCN(C(C)=O)C[C@@](O)(COc3ccccc3)C2)cc1OCCCN1CCCCCC1=O. The first-order chi connectivity index (χ1) is 19.3. The molecule has 4 rings (SSSR count). The van der Waals surface area contributed by atoms with Gasteiger partial charge in [-0.05, 0) is 49.1 Å². The molecule has 2 saturated heterocycles. The number of ether oxygens (including phenoxy) is 3. The highest BCUT2D eigenvalue weighted by Gasteiger charge is 2.37. The van der Waals surface area contributed by atoms with E-state index in [1.54, 1.807) is 12.0 Å². The van der Waals surface area contributed by atoms with Crippen molar-refractivity contribution in [1.82, 2.24) is 14.7 Å². The van der Waals surface area contributed by atoms with Crippen LogP contribution in [-0.4, -0.2) is 96.8 Å². The van der Waals surface area contributed by atoms with Crippen LogP contribution >= 0.6 is 0 Å². The second-order valence-electron chi connectivity index (χ2n) is 10.9. The largest absolute Gasteiger partial charge is 0.493 e. The molecule has 0 aliphatic carbocycles. The van der Waals surface area contributed by atoms with Gasteiger partial charge in [-0.1, -0.05) is 30.7 Å². The third-order valence-electron chi connectivity index (χ3n) is 7.52. The van der Waals surface area contributed by atoms with Crippen molar-refractivity contribution in [3.05, 3.63) is 54.1 Å². The minimum Gasteiger partial charge on any atom is -0.493 e. The van der Waals surface area contributed by atoms with Crippen molar-refractivity contribution >= 4 is 11.8 Å². The summed E-state index contributed by atoms with van der Waals surface area (Å²) in [6.07, 6.45) is 4.56. The van der Waals surface area contributed by atoms with Gasteiger partial charge < -0.3 is 29.1 Å². The van der Waals surface area contributed by atoms with Crippen LogP contribution in [0.4, 0.5) is 0 Å². The monoisotopic (exact) mass is 553 g/mol. The van der Waals surface area contributed by atoms with Gasteiger partial charge in [0.1, 0.15) is 18.0 Å². The molecule has 0 aromatic heterocycles. The molecule has 0 radical (unpaired) electrons. The van der Waals surface area contributed by atoms with Crippen LogP contribution in [0.1, 0.15) is 44.6 Å². The number of amides is 2. The molecule has 218 valence electrons. The highest BCUT2D eigenvalue weighted by atomic mass is 16.5. The van der Waals surface area contributed by atoms with Crippen LogP contribution in [-0.2, 0) is 16.1 Å². The van der Waals surface area contributed by atoms with Crippen molar-refractivity contribution in [3.63, 3.8) is 0 Å². The molecule has 9 nitrogen and oxygen atoms in total. The predicted octanol–water partition coefficient (Wildman–Crippen LogP) is 3.34. The van der Waals surface area contributed by atoms with E-state index in [4.69, 9.17) is 14.2 Å². The number of benzene rings is 2. The third kappa shape index (κ3) is 8.60. The van der Waals surface area contributed by atoms with Gasteiger partial charge in [0, 0.05) is 52.6 Å². The van der Waals surface area contributed by atoms with Gasteiger partial charge in [0.25, 0.3) is 0 Å². The van der Waals surface area contributed by atoms with E-state index in [1.807, 2.05) is 53.4 Å². The van der Waals surface area contributed by atoms with Gasteiger partial charge in [0.2, 0.25) is 11.8 Å². The number of para-hydroxylation sites is 1. The number of rotatable bonds is 11. The van der Waals surface area contributed by atoms with E-state index in [0.29, 0.717) is 63.0 Å². The number of hydrogen-bond acceptors (Lipinski definition) is 7. The van der Waals surface area contributed by atoms with Crippen LogP contribution in [0.25, 0.3) is 0 Å². The Kier molecular flexibility index (Phi) is 10.7. The van der Waals surface area contributed by atoms with Crippen LogP contribution in [0.3, 0.4) is 0 Å². The van der Waals surface area contributed by atoms with E-state index in [9.17, 15) is 14.7 Å². The zero-order valence-electron chi connectivity index (χ0n) is 23.8. The Bertz CT molecular complexity index is 1110. The molecule has 1 atom stereocenters. The molecule has 2 aromatic rings. The highest BCUT2D eigenvalue weighted by molar-refractivity contribution is 5.76. The predicted molar refractivity (Wildman–Crippen MR) is 153 cm³/mol. The lowest BCUT2D eigenvalue weighted by Crippen LogP contribution is -2.51. The minimum absolute atomic E-state index is 0.0676. The summed E-state index contributed by atoms with van der Waals surface area (Å²) < 4.78 is 17.6. The molecule has 2 fully saturated rings. The van der Waals surface area contributed by atoms with Crippen LogP contribution in [0.5, 0.6) is 17.2 Å². The molecule has 2 aliphatic rings. The van der Waals surface area contributed by atoms with Gasteiger partial charge in [0.05, 0.1) is 20.3 Å². The number of carbonyl (C=O) groups excluding carboxylic acids is 2. The van der Waals surface area contributed by atoms with Gasteiger partial charge in [-0.15, -0.1) is 0 Å². The Morgan fingerprint density at radius 3 is 2.58 bits per heavy atom. The average Bonchev–Trinajstić information content (AvgIpc) is 3.26. The summed E-state index contributed by atoms with van der Waals surface area (Å²) in [7, 11) is 1.62. The smallest absolute Gasteiger partial charge is 0.222 e. The maximum absolute atomic E-state index is 12.3. The van der Waals surface area contributed by atoms with Crippen molar-refractivity contribution in [2.45, 2.75) is 51.2 Å². The summed E-state index contributed by atoms with van der Waals surface area (Å²) >= 11 is 0. The molecule has 0 spiro atoms. The molecular weight excluding hydrogens is 510 g/mol. The van der Waals surface area contributed by atoms with Crippen LogP contribution in [0, 0.1) is 0 Å². The topological polar surface area (TPSA) is 91.8 Å². The Hall–Kier alpha value is -3.30. The van der Waals surface area contributed by atoms with E-state index in [2.05, 4.69) is 4.90 Å². The summed E-state index contributed by atoms with van der Waals surface area (Å²) in [5.41, 5.74) is -0.213. The van der Waals surface area contributed by atoms with Crippen molar-refractivity contribution in [1.29, 1.82) is 0 Å². The Morgan fingerprint density at radius 2 is 1.80 bits per heavy atom. The Labute approximate surface area is 237 Å². The molecule has 2 heterocycles. The van der Waals surface area contributed by atoms with Crippen LogP contribution in [0.2, 0.25) is 0 Å². The first-order valence-electron chi connectivity index (χ1n) is 14.3. The molecule has 0 saturated carbocycles. The minimum atomic E-state index is -1.23. The molecule has 2 aliphatic heterocycles. The van der Waals surface area contributed by atoms with Gasteiger partial charge >= 0.3 is 0 Å². The summed E-state index contributed by atoms with van der Waals surface area (Å²) in [5, 5.41) is 11.6. The Balaban J connectivity index is 1.38. The molecule has 2 aromatic carbocycles. The molecular formula is C31H43N3O6. The zero-order chi connectivity index (χ0) is 28.4. The first-order valence-corrected chi connectivity index (χ1v) is 14.3. The number of aliphatic hydroxyl groups is 1. The first kappa shape index (κ1) is 29.7. The maximum atomic E-state index is 12.3. The lowest BCUT2D eigenvalue weighted by atomic mass is 10.0. The summed E-state index contributed by atoms with van der Waals surface area (Å²) in [5.74, 6) is 2.17. The van der Waals surface area contributed by atoms with Crippen molar-refractivity contribution < 1.29 is 28.9 Å². The Morgan fingerprint density at radius 1 is 0.975 bits per heavy atom. The van der Waals surface area contributed by atoms with E-state index >= 15 is 0 Å².